The molecule has 116 valence electrons. The molecular weight excluding hydrogens is 262 g/mol. The van der Waals surface area contributed by atoms with Gasteiger partial charge in [0.05, 0.1) is 24.9 Å². The highest BCUT2D eigenvalue weighted by atomic mass is 16.6. The fraction of sp³-hybridized carbons (Fsp3) is 0.667. The minimum absolute atomic E-state index is 0.204. The second-order valence-electron chi connectivity index (χ2n) is 6.55. The van der Waals surface area contributed by atoms with E-state index in [2.05, 4.69) is 6.07 Å². The maximum absolute atomic E-state index is 6.32. The van der Waals surface area contributed by atoms with Crippen LogP contribution in [0.1, 0.15) is 50.5 Å². The molecule has 1 aliphatic carbocycles. The van der Waals surface area contributed by atoms with Gasteiger partial charge in [-0.1, -0.05) is 37.5 Å². The first kappa shape index (κ1) is 14.9. The quantitative estimate of drug-likeness (QED) is 0.664. The van der Waals surface area contributed by atoms with Crippen LogP contribution >= 0.6 is 0 Å². The number of benzene rings is 1. The summed E-state index contributed by atoms with van der Waals surface area (Å²) < 4.78 is 12.1. The van der Waals surface area contributed by atoms with Gasteiger partial charge in [0.2, 0.25) is 0 Å². The second kappa shape index (κ2) is 6.80. The predicted molar refractivity (Wildman–Crippen MR) is 85.3 cm³/mol. The van der Waals surface area contributed by atoms with E-state index in [1.165, 1.54) is 44.1 Å². The van der Waals surface area contributed by atoms with Crippen LogP contribution in [-0.2, 0) is 15.9 Å². The van der Waals surface area contributed by atoms with Gasteiger partial charge in [-0.25, -0.2) is 0 Å². The minimum atomic E-state index is 0.204. The van der Waals surface area contributed by atoms with Crippen molar-refractivity contribution in [2.75, 3.05) is 18.9 Å². The Morgan fingerprint density at radius 1 is 1.14 bits per heavy atom. The third kappa shape index (κ3) is 3.78. The summed E-state index contributed by atoms with van der Waals surface area (Å²) in [6.45, 7) is 1.45. The van der Waals surface area contributed by atoms with Gasteiger partial charge in [-0.2, -0.15) is 0 Å². The molecule has 3 heteroatoms. The highest BCUT2D eigenvalue weighted by Gasteiger charge is 2.40. The van der Waals surface area contributed by atoms with E-state index >= 15 is 0 Å². The zero-order chi connectivity index (χ0) is 14.5. The van der Waals surface area contributed by atoms with E-state index in [-0.39, 0.29) is 5.60 Å². The zero-order valence-corrected chi connectivity index (χ0v) is 12.9. The second-order valence-corrected chi connectivity index (χ2v) is 6.55. The highest BCUT2D eigenvalue weighted by molar-refractivity contribution is 5.46. The van der Waals surface area contributed by atoms with Gasteiger partial charge in [0, 0.05) is 5.69 Å². The van der Waals surface area contributed by atoms with E-state index in [1.54, 1.807) is 0 Å². The van der Waals surface area contributed by atoms with Gasteiger partial charge in [-0.15, -0.1) is 0 Å². The van der Waals surface area contributed by atoms with E-state index < -0.39 is 0 Å². The van der Waals surface area contributed by atoms with Gasteiger partial charge in [0.25, 0.3) is 0 Å². The lowest BCUT2D eigenvalue weighted by Gasteiger charge is -2.33. The molecule has 3 nitrogen and oxygen atoms in total. The molecule has 0 radical (unpaired) electrons. The standard InChI is InChI=1S/C18H27NO2/c19-17-7-3-2-6-15(17)9-13-20-14-16-8-12-18(21-16)10-4-1-5-11-18/h2-3,6-7,16H,1,4-5,8-14,19H2. The van der Waals surface area contributed by atoms with Crippen LogP contribution in [0.2, 0.25) is 0 Å². The number of nitrogens with two attached hydrogens (primary N) is 1. The van der Waals surface area contributed by atoms with Crippen LogP contribution in [-0.4, -0.2) is 24.9 Å². The Morgan fingerprint density at radius 3 is 2.76 bits per heavy atom. The summed E-state index contributed by atoms with van der Waals surface area (Å²) in [5.74, 6) is 0. The number of hydrogen-bond donors (Lipinski definition) is 1. The smallest absolute Gasteiger partial charge is 0.0817 e. The van der Waals surface area contributed by atoms with Crippen molar-refractivity contribution in [3.05, 3.63) is 29.8 Å². The van der Waals surface area contributed by atoms with Crippen molar-refractivity contribution in [2.24, 2.45) is 0 Å². The first-order valence-corrected chi connectivity index (χ1v) is 8.36. The molecule has 2 aliphatic rings. The van der Waals surface area contributed by atoms with Crippen LogP contribution in [0.5, 0.6) is 0 Å². The molecule has 1 spiro atoms. The van der Waals surface area contributed by atoms with Crippen LogP contribution in [0.4, 0.5) is 5.69 Å². The topological polar surface area (TPSA) is 44.5 Å². The molecule has 1 saturated carbocycles. The van der Waals surface area contributed by atoms with Crippen molar-refractivity contribution in [3.8, 4) is 0 Å². The Bertz CT molecular complexity index is 454. The molecule has 0 amide bonds. The number of rotatable bonds is 5. The Balaban J connectivity index is 1.38. The van der Waals surface area contributed by atoms with Crippen LogP contribution in [0.15, 0.2) is 24.3 Å². The summed E-state index contributed by atoms with van der Waals surface area (Å²) in [7, 11) is 0. The Kier molecular flexibility index (Phi) is 4.81. The average Bonchev–Trinajstić information content (AvgIpc) is 2.89. The lowest BCUT2D eigenvalue weighted by atomic mass is 9.83. The van der Waals surface area contributed by atoms with Crippen molar-refractivity contribution >= 4 is 5.69 Å². The summed E-state index contributed by atoms with van der Waals surface area (Å²) in [5, 5.41) is 0. The monoisotopic (exact) mass is 289 g/mol. The van der Waals surface area contributed by atoms with Crippen molar-refractivity contribution in [1.29, 1.82) is 0 Å². The van der Waals surface area contributed by atoms with E-state index in [4.69, 9.17) is 15.2 Å². The van der Waals surface area contributed by atoms with Crippen molar-refractivity contribution in [3.63, 3.8) is 0 Å². The molecule has 1 unspecified atom stereocenters. The summed E-state index contributed by atoms with van der Waals surface area (Å²) in [4.78, 5) is 0. The first-order chi connectivity index (χ1) is 10.3. The third-order valence-corrected chi connectivity index (χ3v) is 4.98. The molecule has 1 saturated heterocycles. The Morgan fingerprint density at radius 2 is 1.95 bits per heavy atom. The molecule has 1 aromatic carbocycles. The highest BCUT2D eigenvalue weighted by Crippen LogP contribution is 2.41. The maximum atomic E-state index is 6.32. The summed E-state index contributed by atoms with van der Waals surface area (Å²) >= 11 is 0. The normalized spacial score (nSPS) is 24.5. The number of para-hydroxylation sites is 1. The van der Waals surface area contributed by atoms with Crippen LogP contribution in [0.25, 0.3) is 0 Å². The van der Waals surface area contributed by atoms with Crippen molar-refractivity contribution < 1.29 is 9.47 Å². The van der Waals surface area contributed by atoms with Crippen LogP contribution in [0, 0.1) is 0 Å². The van der Waals surface area contributed by atoms with Crippen molar-refractivity contribution in [2.45, 2.75) is 63.1 Å². The summed E-state index contributed by atoms with van der Waals surface area (Å²) in [6.07, 6.45) is 10.1. The molecular formula is C18H27NO2. The maximum Gasteiger partial charge on any atom is 0.0817 e. The van der Waals surface area contributed by atoms with Gasteiger partial charge < -0.3 is 15.2 Å². The molecule has 2 fully saturated rings. The number of ether oxygens (including phenoxy) is 2. The van der Waals surface area contributed by atoms with E-state index in [0.29, 0.717) is 6.10 Å². The summed E-state index contributed by atoms with van der Waals surface area (Å²) in [5.41, 5.74) is 8.18. The van der Waals surface area contributed by atoms with Gasteiger partial charge in [-0.3, -0.25) is 0 Å². The fourth-order valence-electron chi connectivity index (χ4n) is 3.74. The van der Waals surface area contributed by atoms with E-state index in [9.17, 15) is 0 Å². The summed E-state index contributed by atoms with van der Waals surface area (Å²) in [6, 6.07) is 8.01. The predicted octanol–water partition coefficient (Wildman–Crippen LogP) is 3.71. The van der Waals surface area contributed by atoms with Gasteiger partial charge >= 0.3 is 0 Å². The molecule has 0 aromatic heterocycles. The minimum Gasteiger partial charge on any atom is -0.399 e. The molecule has 1 aromatic rings. The molecule has 2 N–H and O–H groups in total. The SMILES string of the molecule is Nc1ccccc1CCOCC1CCC2(CCCCC2)O1. The van der Waals surface area contributed by atoms with Crippen LogP contribution < -0.4 is 5.73 Å². The average molecular weight is 289 g/mol. The van der Waals surface area contributed by atoms with Gasteiger partial charge in [0.15, 0.2) is 0 Å². The van der Waals surface area contributed by atoms with E-state index in [1.807, 2.05) is 18.2 Å². The molecule has 21 heavy (non-hydrogen) atoms. The van der Waals surface area contributed by atoms with Gasteiger partial charge in [0.1, 0.15) is 0 Å². The molecule has 1 heterocycles. The molecule has 0 bridgehead atoms. The Labute approximate surface area is 127 Å². The number of anilines is 1. The molecule has 1 atom stereocenters. The lowest BCUT2D eigenvalue weighted by Crippen LogP contribution is -2.32. The first-order valence-electron chi connectivity index (χ1n) is 8.36. The van der Waals surface area contributed by atoms with Crippen molar-refractivity contribution in [1.82, 2.24) is 0 Å². The number of nitrogen functional groups attached to an aromatic ring is 1. The number of hydrogen-bond acceptors (Lipinski definition) is 3. The van der Waals surface area contributed by atoms with Crippen LogP contribution in [0.3, 0.4) is 0 Å². The van der Waals surface area contributed by atoms with E-state index in [0.717, 1.165) is 31.7 Å². The largest absolute Gasteiger partial charge is 0.399 e. The lowest BCUT2D eigenvalue weighted by molar-refractivity contribution is -0.0876. The fourth-order valence-corrected chi connectivity index (χ4v) is 3.74. The van der Waals surface area contributed by atoms with Gasteiger partial charge in [-0.05, 0) is 43.7 Å². The molecule has 1 aliphatic heterocycles. The third-order valence-electron chi connectivity index (χ3n) is 4.98. The Hall–Kier alpha value is -1.06. The zero-order valence-electron chi connectivity index (χ0n) is 12.9. The molecule has 3 rings (SSSR count).